The van der Waals surface area contributed by atoms with Gasteiger partial charge in [0.1, 0.15) is 18.3 Å². The summed E-state index contributed by atoms with van der Waals surface area (Å²) in [6, 6.07) is 19.7. The number of sulfonamides is 1. The fourth-order valence-electron chi connectivity index (χ4n) is 4.45. The number of ether oxygens (including phenoxy) is 1. The molecular formula is C31H38ClN3O5S. The molecule has 0 aliphatic rings. The van der Waals surface area contributed by atoms with Gasteiger partial charge in [-0.15, -0.1) is 0 Å². The number of nitrogens with one attached hydrogen (secondary N) is 1. The van der Waals surface area contributed by atoms with Gasteiger partial charge in [0.25, 0.3) is 10.0 Å². The predicted molar refractivity (Wildman–Crippen MR) is 163 cm³/mol. The summed E-state index contributed by atoms with van der Waals surface area (Å²) < 4.78 is 34.2. The number of hydrogen-bond donors (Lipinski definition) is 1. The van der Waals surface area contributed by atoms with E-state index in [1.54, 1.807) is 24.3 Å². The van der Waals surface area contributed by atoms with Gasteiger partial charge in [-0.25, -0.2) is 8.42 Å². The van der Waals surface area contributed by atoms with Crippen LogP contribution in [0.15, 0.2) is 77.7 Å². The average Bonchev–Trinajstić information content (AvgIpc) is 2.94. The van der Waals surface area contributed by atoms with E-state index in [2.05, 4.69) is 5.32 Å². The molecule has 8 nitrogen and oxygen atoms in total. The van der Waals surface area contributed by atoms with Crippen LogP contribution in [0.1, 0.15) is 38.3 Å². The summed E-state index contributed by atoms with van der Waals surface area (Å²) in [4.78, 5) is 28.8. The molecule has 0 aliphatic carbocycles. The smallest absolute Gasteiger partial charge is 0.264 e. The Hall–Kier alpha value is -3.56. The van der Waals surface area contributed by atoms with Crippen molar-refractivity contribution < 1.29 is 22.7 Å². The standard InChI is InChI=1S/C31H38ClN3O5S/c1-6-28(31(37)33-22(2)3)34(19-18-24-10-8-7-9-11-24)30(36)21-35(25-14-17-29(40-5)27(32)20-25)41(38,39)26-15-12-23(4)13-16-26/h7-17,20,22,28H,6,18-19,21H2,1-5H3,(H,33,37). The maximum Gasteiger partial charge on any atom is 0.264 e. The lowest BCUT2D eigenvalue weighted by molar-refractivity contribution is -0.139. The number of hydrogen-bond acceptors (Lipinski definition) is 5. The molecule has 10 heteroatoms. The molecule has 0 heterocycles. The van der Waals surface area contributed by atoms with Crippen LogP contribution >= 0.6 is 11.6 Å². The molecule has 0 fully saturated rings. The van der Waals surface area contributed by atoms with Crippen molar-refractivity contribution in [2.75, 3.05) is 24.5 Å². The monoisotopic (exact) mass is 599 g/mol. The van der Waals surface area contributed by atoms with Gasteiger partial charge in [0.05, 0.1) is 22.7 Å². The van der Waals surface area contributed by atoms with Crippen LogP contribution in [-0.4, -0.2) is 57.4 Å². The molecule has 0 saturated carbocycles. The topological polar surface area (TPSA) is 96.0 Å². The third kappa shape index (κ3) is 8.24. The molecule has 3 aromatic carbocycles. The van der Waals surface area contributed by atoms with Crippen molar-refractivity contribution in [3.63, 3.8) is 0 Å². The number of carbonyl (C=O) groups excluding carboxylic acids is 2. The third-order valence-electron chi connectivity index (χ3n) is 6.61. The van der Waals surface area contributed by atoms with Crippen molar-refractivity contribution >= 4 is 39.1 Å². The van der Waals surface area contributed by atoms with Crippen LogP contribution in [-0.2, 0) is 26.0 Å². The van der Waals surface area contributed by atoms with E-state index in [-0.39, 0.29) is 34.1 Å². The summed E-state index contributed by atoms with van der Waals surface area (Å²) in [6.07, 6.45) is 0.856. The van der Waals surface area contributed by atoms with Gasteiger partial charge >= 0.3 is 0 Å². The molecule has 3 aromatic rings. The highest BCUT2D eigenvalue weighted by molar-refractivity contribution is 7.92. The van der Waals surface area contributed by atoms with Crippen molar-refractivity contribution in [2.24, 2.45) is 0 Å². The highest BCUT2D eigenvalue weighted by Crippen LogP contribution is 2.32. The summed E-state index contributed by atoms with van der Waals surface area (Å²) in [5, 5.41) is 3.10. The van der Waals surface area contributed by atoms with Crippen LogP contribution in [0.2, 0.25) is 5.02 Å². The largest absolute Gasteiger partial charge is 0.495 e. The Kier molecular flexibility index (Phi) is 11.2. The van der Waals surface area contributed by atoms with Gasteiger partial charge < -0.3 is 15.0 Å². The number of methoxy groups -OCH3 is 1. The number of halogens is 1. The highest BCUT2D eigenvalue weighted by atomic mass is 35.5. The second-order valence-electron chi connectivity index (χ2n) is 10.1. The zero-order valence-corrected chi connectivity index (χ0v) is 25.7. The van der Waals surface area contributed by atoms with Gasteiger partial charge in [0.15, 0.2) is 0 Å². The zero-order valence-electron chi connectivity index (χ0n) is 24.1. The quantitative estimate of drug-likeness (QED) is 0.290. The van der Waals surface area contributed by atoms with Crippen LogP contribution in [0.25, 0.3) is 0 Å². The molecule has 1 N–H and O–H groups in total. The molecular weight excluding hydrogens is 562 g/mol. The van der Waals surface area contributed by atoms with Crippen molar-refractivity contribution in [2.45, 2.75) is 57.5 Å². The Labute approximate surface area is 248 Å². The van der Waals surface area contributed by atoms with Gasteiger partial charge in [0.2, 0.25) is 11.8 Å². The van der Waals surface area contributed by atoms with Crippen LogP contribution in [0.5, 0.6) is 5.75 Å². The second-order valence-corrected chi connectivity index (χ2v) is 12.3. The number of aryl methyl sites for hydroxylation is 1. The fraction of sp³-hybridized carbons (Fsp3) is 0.355. The van der Waals surface area contributed by atoms with Crippen LogP contribution < -0.4 is 14.4 Å². The van der Waals surface area contributed by atoms with Crippen LogP contribution in [0, 0.1) is 6.92 Å². The Morgan fingerprint density at radius 3 is 2.22 bits per heavy atom. The van der Waals surface area contributed by atoms with E-state index in [9.17, 15) is 18.0 Å². The molecule has 0 radical (unpaired) electrons. The molecule has 0 aliphatic heterocycles. The van der Waals surface area contributed by atoms with E-state index in [1.165, 1.54) is 30.2 Å². The van der Waals surface area contributed by atoms with Gasteiger partial charge in [-0.3, -0.25) is 13.9 Å². The Morgan fingerprint density at radius 2 is 1.66 bits per heavy atom. The molecule has 0 saturated heterocycles. The first-order valence-corrected chi connectivity index (χ1v) is 15.4. The number of carbonyl (C=O) groups is 2. The summed E-state index contributed by atoms with van der Waals surface area (Å²) in [7, 11) is -2.73. The summed E-state index contributed by atoms with van der Waals surface area (Å²) >= 11 is 6.38. The Bertz CT molecular complexity index is 1430. The van der Waals surface area contributed by atoms with E-state index in [1.807, 2.05) is 58.0 Å². The van der Waals surface area contributed by atoms with Gasteiger partial charge in [0, 0.05) is 12.6 Å². The number of nitrogens with zero attached hydrogens (tertiary/aromatic N) is 2. The molecule has 2 amide bonds. The van der Waals surface area contributed by atoms with Crippen molar-refractivity contribution in [3.05, 3.63) is 88.9 Å². The molecule has 41 heavy (non-hydrogen) atoms. The van der Waals surface area contributed by atoms with Crippen molar-refractivity contribution in [1.29, 1.82) is 0 Å². The van der Waals surface area contributed by atoms with E-state index < -0.39 is 28.5 Å². The van der Waals surface area contributed by atoms with Crippen LogP contribution in [0.4, 0.5) is 5.69 Å². The third-order valence-corrected chi connectivity index (χ3v) is 8.70. The lowest BCUT2D eigenvalue weighted by Crippen LogP contribution is -2.54. The maximum absolute atomic E-state index is 14.1. The molecule has 0 bridgehead atoms. The first kappa shape index (κ1) is 32.0. The van der Waals surface area contributed by atoms with Crippen molar-refractivity contribution in [3.8, 4) is 5.75 Å². The van der Waals surface area contributed by atoms with E-state index in [0.717, 1.165) is 15.4 Å². The number of benzene rings is 3. The second kappa shape index (κ2) is 14.4. The van der Waals surface area contributed by atoms with Crippen molar-refractivity contribution in [1.82, 2.24) is 10.2 Å². The lowest BCUT2D eigenvalue weighted by atomic mass is 10.1. The van der Waals surface area contributed by atoms with E-state index >= 15 is 0 Å². The van der Waals surface area contributed by atoms with Gasteiger partial charge in [-0.1, -0.05) is 66.6 Å². The summed E-state index contributed by atoms with van der Waals surface area (Å²) in [5.41, 5.74) is 2.09. The van der Waals surface area contributed by atoms with Crippen LogP contribution in [0.3, 0.4) is 0 Å². The van der Waals surface area contributed by atoms with E-state index in [4.69, 9.17) is 16.3 Å². The minimum Gasteiger partial charge on any atom is -0.495 e. The Morgan fingerprint density at radius 1 is 1.00 bits per heavy atom. The minimum absolute atomic E-state index is 0.0308. The normalized spacial score (nSPS) is 12.1. The summed E-state index contributed by atoms with van der Waals surface area (Å²) in [6.45, 7) is 7.10. The number of amides is 2. The SMILES string of the molecule is CCC(C(=O)NC(C)C)N(CCc1ccccc1)C(=O)CN(c1ccc(OC)c(Cl)c1)S(=O)(=O)c1ccc(C)cc1. The number of anilines is 1. The molecule has 3 rings (SSSR count). The summed E-state index contributed by atoms with van der Waals surface area (Å²) in [5.74, 6) is -0.422. The Balaban J connectivity index is 2.05. The fourth-order valence-corrected chi connectivity index (χ4v) is 6.11. The first-order chi connectivity index (χ1) is 19.5. The zero-order chi connectivity index (χ0) is 30.2. The predicted octanol–water partition coefficient (Wildman–Crippen LogP) is 5.23. The van der Waals surface area contributed by atoms with Gasteiger partial charge in [-0.05, 0) is 69.5 Å². The highest BCUT2D eigenvalue weighted by Gasteiger charge is 2.33. The molecule has 1 atom stereocenters. The van der Waals surface area contributed by atoms with Gasteiger partial charge in [-0.2, -0.15) is 0 Å². The lowest BCUT2D eigenvalue weighted by Gasteiger charge is -2.33. The maximum atomic E-state index is 14.1. The number of rotatable bonds is 13. The molecule has 0 aromatic heterocycles. The first-order valence-electron chi connectivity index (χ1n) is 13.5. The van der Waals surface area contributed by atoms with E-state index in [0.29, 0.717) is 18.6 Å². The minimum atomic E-state index is -4.19. The average molecular weight is 600 g/mol. The molecule has 0 spiro atoms. The molecule has 220 valence electrons. The molecule has 1 unspecified atom stereocenters.